The van der Waals surface area contributed by atoms with Crippen molar-refractivity contribution in [3.8, 4) is 0 Å². The van der Waals surface area contributed by atoms with Gasteiger partial charge in [0.1, 0.15) is 17.2 Å². The van der Waals surface area contributed by atoms with Crippen molar-refractivity contribution >= 4 is 26.9 Å². The standard InChI is InChI=1S/C17H15BrFNO/c1-9-3-5-12-10(2)17(21-15(12)7-9)16(20)13-8-11(18)4-6-14(13)19/h3-8,16H,20H2,1-2H3. The molecule has 1 atom stereocenters. The van der Waals surface area contributed by atoms with Crippen LogP contribution < -0.4 is 5.73 Å². The van der Waals surface area contributed by atoms with Gasteiger partial charge in [-0.1, -0.05) is 28.1 Å². The maximum absolute atomic E-state index is 14.0. The summed E-state index contributed by atoms with van der Waals surface area (Å²) in [5.41, 5.74) is 9.51. The molecule has 108 valence electrons. The van der Waals surface area contributed by atoms with Crippen LogP contribution in [0.25, 0.3) is 11.0 Å². The van der Waals surface area contributed by atoms with Gasteiger partial charge in [0.05, 0.1) is 6.04 Å². The topological polar surface area (TPSA) is 39.2 Å². The second-order valence-corrected chi connectivity index (χ2v) is 6.15. The summed E-state index contributed by atoms with van der Waals surface area (Å²) in [7, 11) is 0. The Morgan fingerprint density at radius 1 is 1.14 bits per heavy atom. The molecule has 0 spiro atoms. The summed E-state index contributed by atoms with van der Waals surface area (Å²) in [6, 6.07) is 10.1. The second kappa shape index (κ2) is 5.28. The largest absolute Gasteiger partial charge is 0.459 e. The van der Waals surface area contributed by atoms with Gasteiger partial charge in [0.2, 0.25) is 0 Å². The molecular formula is C17H15BrFNO. The highest BCUT2D eigenvalue weighted by Crippen LogP contribution is 2.33. The molecule has 1 aromatic heterocycles. The van der Waals surface area contributed by atoms with Crippen LogP contribution >= 0.6 is 15.9 Å². The molecule has 2 N–H and O–H groups in total. The van der Waals surface area contributed by atoms with Gasteiger partial charge in [-0.15, -0.1) is 0 Å². The number of nitrogens with two attached hydrogens (primary N) is 1. The van der Waals surface area contributed by atoms with E-state index in [2.05, 4.69) is 15.9 Å². The minimum Gasteiger partial charge on any atom is -0.459 e. The highest BCUT2D eigenvalue weighted by molar-refractivity contribution is 9.10. The van der Waals surface area contributed by atoms with Gasteiger partial charge < -0.3 is 10.2 Å². The van der Waals surface area contributed by atoms with Crippen LogP contribution in [0.15, 0.2) is 45.3 Å². The molecule has 0 bridgehead atoms. The Kier molecular flexibility index (Phi) is 3.59. The van der Waals surface area contributed by atoms with Crippen molar-refractivity contribution in [2.24, 2.45) is 5.73 Å². The van der Waals surface area contributed by atoms with E-state index < -0.39 is 6.04 Å². The fourth-order valence-electron chi connectivity index (χ4n) is 2.54. The third-order valence-corrected chi connectivity index (χ3v) is 4.20. The van der Waals surface area contributed by atoms with E-state index in [0.29, 0.717) is 11.3 Å². The summed E-state index contributed by atoms with van der Waals surface area (Å²) < 4.78 is 20.7. The molecule has 0 aliphatic rings. The molecule has 0 amide bonds. The first-order valence-electron chi connectivity index (χ1n) is 6.67. The Labute approximate surface area is 130 Å². The molecule has 0 saturated heterocycles. The molecule has 3 aromatic rings. The summed E-state index contributed by atoms with van der Waals surface area (Å²) >= 11 is 3.35. The highest BCUT2D eigenvalue weighted by atomic mass is 79.9. The number of benzene rings is 2. The smallest absolute Gasteiger partial charge is 0.134 e. The molecule has 1 heterocycles. The number of hydrogen-bond donors (Lipinski definition) is 1. The van der Waals surface area contributed by atoms with E-state index >= 15 is 0 Å². The van der Waals surface area contributed by atoms with Crippen molar-refractivity contribution in [2.45, 2.75) is 19.9 Å². The van der Waals surface area contributed by atoms with Gasteiger partial charge in [-0.05, 0) is 43.7 Å². The first kappa shape index (κ1) is 14.3. The molecule has 0 aliphatic carbocycles. The molecule has 3 rings (SSSR count). The van der Waals surface area contributed by atoms with Crippen LogP contribution in [-0.2, 0) is 0 Å². The van der Waals surface area contributed by atoms with Crippen molar-refractivity contribution in [2.75, 3.05) is 0 Å². The molecule has 0 aliphatic heterocycles. The molecule has 21 heavy (non-hydrogen) atoms. The van der Waals surface area contributed by atoms with Gasteiger partial charge in [0, 0.05) is 21.0 Å². The molecule has 1 unspecified atom stereocenters. The quantitative estimate of drug-likeness (QED) is 0.708. The maximum Gasteiger partial charge on any atom is 0.134 e. The Morgan fingerprint density at radius 3 is 2.67 bits per heavy atom. The molecule has 0 saturated carbocycles. The van der Waals surface area contributed by atoms with Crippen LogP contribution in [0.2, 0.25) is 0 Å². The molecule has 2 aromatic carbocycles. The van der Waals surface area contributed by atoms with Crippen molar-refractivity contribution in [1.29, 1.82) is 0 Å². The van der Waals surface area contributed by atoms with E-state index in [1.165, 1.54) is 6.07 Å². The van der Waals surface area contributed by atoms with Crippen molar-refractivity contribution < 1.29 is 8.81 Å². The third-order valence-electron chi connectivity index (χ3n) is 3.71. The average Bonchev–Trinajstić information content (AvgIpc) is 2.77. The fraction of sp³-hybridized carbons (Fsp3) is 0.176. The zero-order valence-corrected chi connectivity index (χ0v) is 13.4. The van der Waals surface area contributed by atoms with Crippen LogP contribution in [0, 0.1) is 19.7 Å². The molecule has 0 fully saturated rings. The normalized spacial score (nSPS) is 12.8. The molecule has 2 nitrogen and oxygen atoms in total. The van der Waals surface area contributed by atoms with E-state index in [1.54, 1.807) is 12.1 Å². The number of furan rings is 1. The van der Waals surface area contributed by atoms with Crippen LogP contribution in [0.1, 0.15) is 28.5 Å². The predicted molar refractivity (Wildman–Crippen MR) is 85.8 cm³/mol. The Morgan fingerprint density at radius 2 is 1.90 bits per heavy atom. The van der Waals surface area contributed by atoms with E-state index in [-0.39, 0.29) is 5.82 Å². The summed E-state index contributed by atoms with van der Waals surface area (Å²) in [5, 5.41) is 1.02. The van der Waals surface area contributed by atoms with Gasteiger partial charge in [-0.25, -0.2) is 4.39 Å². The summed E-state index contributed by atoms with van der Waals surface area (Å²) in [5.74, 6) is 0.273. The monoisotopic (exact) mass is 347 g/mol. The number of halogens is 2. The SMILES string of the molecule is Cc1ccc2c(C)c(C(N)c3cc(Br)ccc3F)oc2c1. The van der Waals surface area contributed by atoms with Crippen LogP contribution in [0.4, 0.5) is 4.39 Å². The Hall–Kier alpha value is -1.65. The number of rotatable bonds is 2. The maximum atomic E-state index is 14.0. The zero-order valence-electron chi connectivity index (χ0n) is 11.8. The molecule has 4 heteroatoms. The number of fused-ring (bicyclic) bond motifs is 1. The van der Waals surface area contributed by atoms with Gasteiger partial charge >= 0.3 is 0 Å². The van der Waals surface area contributed by atoms with Gasteiger partial charge in [-0.2, -0.15) is 0 Å². The average molecular weight is 348 g/mol. The minimum atomic E-state index is -0.629. The number of hydrogen-bond acceptors (Lipinski definition) is 2. The predicted octanol–water partition coefficient (Wildman–Crippen LogP) is 5.00. The van der Waals surface area contributed by atoms with E-state index in [4.69, 9.17) is 10.2 Å². The van der Waals surface area contributed by atoms with Crippen LogP contribution in [0.3, 0.4) is 0 Å². The second-order valence-electron chi connectivity index (χ2n) is 5.23. The molecule has 0 radical (unpaired) electrons. The van der Waals surface area contributed by atoms with Gasteiger partial charge in [0.25, 0.3) is 0 Å². The number of aryl methyl sites for hydroxylation is 2. The van der Waals surface area contributed by atoms with Gasteiger partial charge in [-0.3, -0.25) is 0 Å². The lowest BCUT2D eigenvalue weighted by molar-refractivity contribution is 0.506. The van der Waals surface area contributed by atoms with Crippen molar-refractivity contribution in [1.82, 2.24) is 0 Å². The summed E-state index contributed by atoms with van der Waals surface area (Å²) in [6.45, 7) is 3.96. The first-order chi connectivity index (χ1) is 9.97. The molecular weight excluding hydrogens is 333 g/mol. The van der Waals surface area contributed by atoms with E-state index in [0.717, 1.165) is 26.6 Å². The Bertz CT molecular complexity index is 825. The fourth-order valence-corrected chi connectivity index (χ4v) is 2.92. The van der Waals surface area contributed by atoms with E-state index in [9.17, 15) is 4.39 Å². The first-order valence-corrected chi connectivity index (χ1v) is 7.47. The lowest BCUT2D eigenvalue weighted by Gasteiger charge is -2.12. The lowest BCUT2D eigenvalue weighted by atomic mass is 10.0. The summed E-state index contributed by atoms with van der Waals surface area (Å²) in [6.07, 6.45) is 0. The summed E-state index contributed by atoms with van der Waals surface area (Å²) in [4.78, 5) is 0. The lowest BCUT2D eigenvalue weighted by Crippen LogP contribution is -2.14. The van der Waals surface area contributed by atoms with Crippen molar-refractivity contribution in [3.63, 3.8) is 0 Å². The van der Waals surface area contributed by atoms with Crippen molar-refractivity contribution in [3.05, 3.63) is 69.1 Å². The minimum absolute atomic E-state index is 0.332. The Balaban J connectivity index is 2.15. The van der Waals surface area contributed by atoms with Gasteiger partial charge in [0.15, 0.2) is 0 Å². The third kappa shape index (κ3) is 2.49. The van der Waals surface area contributed by atoms with Crippen LogP contribution in [0.5, 0.6) is 0 Å². The van der Waals surface area contributed by atoms with E-state index in [1.807, 2.05) is 32.0 Å². The zero-order chi connectivity index (χ0) is 15.1. The van der Waals surface area contributed by atoms with Crippen LogP contribution in [-0.4, -0.2) is 0 Å². The highest BCUT2D eigenvalue weighted by Gasteiger charge is 2.21.